The molecule has 1 saturated heterocycles. The van der Waals surface area contributed by atoms with Crippen molar-refractivity contribution >= 4 is 19.9 Å². The number of hydrogen-bond donors (Lipinski definition) is 1. The van der Waals surface area contributed by atoms with Crippen molar-refractivity contribution in [3.8, 4) is 0 Å². The molecule has 22 heavy (non-hydrogen) atoms. The molecule has 1 aliphatic heterocycles. The van der Waals surface area contributed by atoms with Crippen LogP contribution in [-0.2, 0) is 19.9 Å². The lowest BCUT2D eigenvalue weighted by molar-refractivity contribution is 0.130. The fourth-order valence-corrected chi connectivity index (χ4v) is 6.65. The predicted molar refractivity (Wildman–Crippen MR) is 83.9 cm³/mol. The number of sulfone groups is 1. The van der Waals surface area contributed by atoms with E-state index in [4.69, 9.17) is 0 Å². The van der Waals surface area contributed by atoms with Crippen LogP contribution in [0.3, 0.4) is 0 Å². The molecule has 2 rings (SSSR count). The van der Waals surface area contributed by atoms with Crippen LogP contribution < -0.4 is 0 Å². The van der Waals surface area contributed by atoms with E-state index in [9.17, 15) is 21.9 Å². The minimum absolute atomic E-state index is 0.104. The molecule has 0 amide bonds. The topological polar surface area (TPSA) is 91.8 Å². The summed E-state index contributed by atoms with van der Waals surface area (Å²) in [7, 11) is -7.27. The van der Waals surface area contributed by atoms with E-state index in [-0.39, 0.29) is 17.2 Å². The first-order chi connectivity index (χ1) is 10.1. The largest absolute Gasteiger partial charge is 0.390 e. The third-order valence-electron chi connectivity index (χ3n) is 3.89. The highest BCUT2D eigenvalue weighted by Gasteiger charge is 2.44. The second-order valence-corrected chi connectivity index (χ2v) is 9.70. The van der Waals surface area contributed by atoms with Gasteiger partial charge in [-0.05, 0) is 25.5 Å². The van der Waals surface area contributed by atoms with Crippen molar-refractivity contribution in [1.29, 1.82) is 0 Å². The first kappa shape index (κ1) is 17.4. The van der Waals surface area contributed by atoms with Crippen LogP contribution >= 0.6 is 0 Å². The van der Waals surface area contributed by atoms with E-state index in [0.29, 0.717) is 5.56 Å². The van der Waals surface area contributed by atoms with Gasteiger partial charge in [0.05, 0.1) is 28.5 Å². The van der Waals surface area contributed by atoms with Crippen LogP contribution in [0.25, 0.3) is 0 Å². The molecule has 0 bridgehead atoms. The summed E-state index contributed by atoms with van der Waals surface area (Å²) < 4.78 is 50.1. The van der Waals surface area contributed by atoms with Crippen LogP contribution in [0, 0.1) is 13.8 Å². The Hall–Kier alpha value is -0.960. The highest BCUT2D eigenvalue weighted by Crippen LogP contribution is 2.27. The molecule has 0 aromatic heterocycles. The summed E-state index contributed by atoms with van der Waals surface area (Å²) in [6.45, 7) is 5.31. The molecular formula is C14H21NO5S2. The molecule has 0 radical (unpaired) electrons. The van der Waals surface area contributed by atoms with Gasteiger partial charge in [-0.25, -0.2) is 16.8 Å². The number of aryl methyl sites for hydroxylation is 2. The average molecular weight is 347 g/mol. The van der Waals surface area contributed by atoms with Gasteiger partial charge in [0.15, 0.2) is 9.84 Å². The van der Waals surface area contributed by atoms with Crippen molar-refractivity contribution in [1.82, 2.24) is 4.31 Å². The Morgan fingerprint density at radius 1 is 1.27 bits per heavy atom. The van der Waals surface area contributed by atoms with Crippen LogP contribution in [0.1, 0.15) is 18.1 Å². The smallest absolute Gasteiger partial charge is 0.243 e. The number of aliphatic hydroxyl groups excluding tert-OH is 1. The van der Waals surface area contributed by atoms with Crippen molar-refractivity contribution in [2.75, 3.05) is 18.1 Å². The Morgan fingerprint density at radius 2 is 1.91 bits per heavy atom. The molecule has 1 aromatic rings. The Labute approximate surface area is 131 Å². The molecule has 0 saturated carbocycles. The van der Waals surface area contributed by atoms with Crippen LogP contribution in [-0.4, -0.2) is 56.4 Å². The van der Waals surface area contributed by atoms with Crippen LogP contribution in [0.15, 0.2) is 23.1 Å². The van der Waals surface area contributed by atoms with Crippen molar-refractivity contribution < 1.29 is 21.9 Å². The van der Waals surface area contributed by atoms with Crippen LogP contribution in [0.2, 0.25) is 0 Å². The van der Waals surface area contributed by atoms with Gasteiger partial charge in [-0.2, -0.15) is 4.31 Å². The van der Waals surface area contributed by atoms with Crippen LogP contribution in [0.5, 0.6) is 0 Å². The van der Waals surface area contributed by atoms with Crippen molar-refractivity contribution in [2.24, 2.45) is 0 Å². The third kappa shape index (κ3) is 3.19. The predicted octanol–water partition coefficient (Wildman–Crippen LogP) is 0.472. The summed E-state index contributed by atoms with van der Waals surface area (Å²) in [6.07, 6.45) is -1.19. The molecule has 8 heteroatoms. The Balaban J connectivity index is 2.46. The number of hydrogen-bond acceptors (Lipinski definition) is 5. The molecular weight excluding hydrogens is 326 g/mol. The minimum atomic E-state index is -3.86. The third-order valence-corrected chi connectivity index (χ3v) is 7.75. The van der Waals surface area contributed by atoms with E-state index in [1.165, 1.54) is 6.07 Å². The fraction of sp³-hybridized carbons (Fsp3) is 0.571. The molecule has 2 atom stereocenters. The molecule has 0 unspecified atom stereocenters. The summed E-state index contributed by atoms with van der Waals surface area (Å²) in [5.41, 5.74) is 1.55. The molecule has 0 aliphatic carbocycles. The number of nitrogens with zero attached hydrogens (tertiary/aromatic N) is 1. The summed E-state index contributed by atoms with van der Waals surface area (Å²) in [4.78, 5) is 0.149. The van der Waals surface area contributed by atoms with Gasteiger partial charge < -0.3 is 5.11 Å². The minimum Gasteiger partial charge on any atom is -0.390 e. The van der Waals surface area contributed by atoms with Gasteiger partial charge in [-0.1, -0.05) is 24.6 Å². The maximum Gasteiger partial charge on any atom is 0.243 e. The molecule has 124 valence electrons. The molecule has 1 N–H and O–H groups in total. The number of likely N-dealkylation sites (N-methyl/N-ethyl adjacent to an activating group) is 1. The zero-order valence-corrected chi connectivity index (χ0v) is 14.5. The van der Waals surface area contributed by atoms with E-state index in [1.807, 2.05) is 6.92 Å². The maximum absolute atomic E-state index is 12.9. The molecule has 1 aromatic carbocycles. The van der Waals surface area contributed by atoms with Crippen molar-refractivity contribution in [2.45, 2.75) is 37.8 Å². The normalized spacial score (nSPS) is 24.8. The zero-order chi connectivity index (χ0) is 16.7. The summed E-state index contributed by atoms with van der Waals surface area (Å²) in [6, 6.07) is 4.07. The van der Waals surface area contributed by atoms with Gasteiger partial charge in [0.2, 0.25) is 10.0 Å². The fourth-order valence-electron chi connectivity index (χ4n) is 2.88. The highest BCUT2D eigenvalue weighted by atomic mass is 32.2. The highest BCUT2D eigenvalue weighted by molar-refractivity contribution is 7.92. The molecule has 1 fully saturated rings. The zero-order valence-electron chi connectivity index (χ0n) is 12.9. The van der Waals surface area contributed by atoms with Crippen molar-refractivity contribution in [3.05, 3.63) is 29.3 Å². The number of benzene rings is 1. The van der Waals surface area contributed by atoms with Gasteiger partial charge in [0.1, 0.15) is 0 Å². The standard InChI is InChI=1S/C14H21NO5S2/c1-4-15(12-8-21(17,18)9-13(12)16)22(19,20)14-6-5-10(2)7-11(14)3/h5-7,12-13,16H,4,8-9H2,1-3H3/t12-,13+/m1/s1. The van der Waals surface area contributed by atoms with Crippen molar-refractivity contribution in [3.63, 3.8) is 0 Å². The Morgan fingerprint density at radius 3 is 2.36 bits per heavy atom. The van der Waals surface area contributed by atoms with E-state index in [0.717, 1.165) is 9.87 Å². The first-order valence-corrected chi connectivity index (χ1v) is 10.3. The quantitative estimate of drug-likeness (QED) is 0.855. The SMILES string of the molecule is CCN([C@@H]1CS(=O)(=O)C[C@@H]1O)S(=O)(=O)c1ccc(C)cc1C. The van der Waals surface area contributed by atoms with Gasteiger partial charge in [-0.3, -0.25) is 0 Å². The van der Waals surface area contributed by atoms with E-state index >= 15 is 0 Å². The average Bonchev–Trinajstić information content (AvgIpc) is 2.62. The second-order valence-electron chi connectivity index (χ2n) is 5.69. The first-order valence-electron chi connectivity index (χ1n) is 7.06. The monoisotopic (exact) mass is 347 g/mol. The summed E-state index contributed by atoms with van der Waals surface area (Å²) >= 11 is 0. The molecule has 0 spiro atoms. The molecule has 6 nitrogen and oxygen atoms in total. The van der Waals surface area contributed by atoms with Gasteiger partial charge >= 0.3 is 0 Å². The Bertz CT molecular complexity index is 770. The number of sulfonamides is 1. The Kier molecular flexibility index (Phi) is 4.68. The van der Waals surface area contributed by atoms with Gasteiger partial charge in [0, 0.05) is 6.54 Å². The van der Waals surface area contributed by atoms with E-state index in [1.54, 1.807) is 26.0 Å². The van der Waals surface area contributed by atoms with Crippen LogP contribution in [0.4, 0.5) is 0 Å². The second kappa shape index (κ2) is 5.92. The van der Waals surface area contributed by atoms with Gasteiger partial charge in [0.25, 0.3) is 0 Å². The van der Waals surface area contributed by atoms with Gasteiger partial charge in [-0.15, -0.1) is 0 Å². The lowest BCUT2D eigenvalue weighted by atomic mass is 10.2. The number of rotatable bonds is 4. The molecule has 1 heterocycles. The summed E-state index contributed by atoms with van der Waals surface area (Å²) in [5, 5.41) is 9.96. The number of aliphatic hydroxyl groups is 1. The van der Waals surface area contributed by atoms with E-state index < -0.39 is 37.8 Å². The van der Waals surface area contributed by atoms with E-state index in [2.05, 4.69) is 0 Å². The lowest BCUT2D eigenvalue weighted by Gasteiger charge is -2.28. The lowest BCUT2D eigenvalue weighted by Crippen LogP contribution is -2.46. The summed E-state index contributed by atoms with van der Waals surface area (Å²) in [5.74, 6) is -0.733. The maximum atomic E-state index is 12.9. The molecule has 1 aliphatic rings.